The van der Waals surface area contributed by atoms with Crippen molar-refractivity contribution in [3.63, 3.8) is 0 Å². The van der Waals surface area contributed by atoms with Gasteiger partial charge in [0.1, 0.15) is 18.3 Å². The van der Waals surface area contributed by atoms with E-state index < -0.39 is 36.7 Å². The standard InChI is InChI=1S/C6H14O9/c7-1-2(8)3(9)4(10)5(11,12)6(13,14)15/h2-4,7-15H,1H2. The van der Waals surface area contributed by atoms with Gasteiger partial charge in [0.05, 0.1) is 6.61 Å². The van der Waals surface area contributed by atoms with E-state index in [4.69, 9.17) is 46.0 Å². The van der Waals surface area contributed by atoms with Crippen LogP contribution in [0.5, 0.6) is 0 Å². The van der Waals surface area contributed by atoms with Gasteiger partial charge >= 0.3 is 5.97 Å². The lowest BCUT2D eigenvalue weighted by atomic mass is 9.98. The lowest BCUT2D eigenvalue weighted by Crippen LogP contribution is -2.66. The molecule has 0 rings (SSSR count). The third-order valence-electron chi connectivity index (χ3n) is 1.81. The smallest absolute Gasteiger partial charge is 0.335 e. The third kappa shape index (κ3) is 3.04. The van der Waals surface area contributed by atoms with E-state index in [-0.39, 0.29) is 0 Å². The zero-order chi connectivity index (χ0) is 12.4. The maximum atomic E-state index is 8.98. The summed E-state index contributed by atoms with van der Waals surface area (Å²) in [6.07, 6.45) is -6.99. The van der Waals surface area contributed by atoms with Crippen molar-refractivity contribution in [2.24, 2.45) is 0 Å². The van der Waals surface area contributed by atoms with Gasteiger partial charge in [0.2, 0.25) is 0 Å². The van der Waals surface area contributed by atoms with Crippen LogP contribution in [0, 0.1) is 0 Å². The second-order valence-electron chi connectivity index (χ2n) is 3.05. The van der Waals surface area contributed by atoms with Gasteiger partial charge in [-0.25, -0.2) is 0 Å². The highest BCUT2D eigenvalue weighted by molar-refractivity contribution is 4.89. The summed E-state index contributed by atoms with van der Waals surface area (Å²) in [5, 5.41) is 78.0. The Morgan fingerprint density at radius 2 is 1.27 bits per heavy atom. The van der Waals surface area contributed by atoms with Crippen LogP contribution in [-0.2, 0) is 0 Å². The first-order valence-electron chi connectivity index (χ1n) is 3.82. The Morgan fingerprint density at radius 3 is 1.53 bits per heavy atom. The average Bonchev–Trinajstić information content (AvgIpc) is 2.12. The van der Waals surface area contributed by atoms with Crippen LogP contribution in [0.1, 0.15) is 0 Å². The Hall–Kier alpha value is -0.360. The molecule has 3 unspecified atom stereocenters. The lowest BCUT2D eigenvalue weighted by molar-refractivity contribution is -0.469. The molecule has 0 amide bonds. The number of aliphatic hydroxyl groups excluding tert-OH is 4. The van der Waals surface area contributed by atoms with Crippen molar-refractivity contribution in [2.45, 2.75) is 30.1 Å². The van der Waals surface area contributed by atoms with Crippen molar-refractivity contribution in [1.82, 2.24) is 0 Å². The molecule has 0 aromatic rings. The highest BCUT2D eigenvalue weighted by Crippen LogP contribution is 2.22. The Kier molecular flexibility index (Phi) is 4.54. The fraction of sp³-hybridized carbons (Fsp3) is 1.00. The van der Waals surface area contributed by atoms with Crippen molar-refractivity contribution in [1.29, 1.82) is 0 Å². The van der Waals surface area contributed by atoms with E-state index in [0.717, 1.165) is 0 Å². The Labute approximate surface area is 83.7 Å². The van der Waals surface area contributed by atoms with E-state index in [0.29, 0.717) is 0 Å². The van der Waals surface area contributed by atoms with Gasteiger partial charge in [-0.05, 0) is 0 Å². The summed E-state index contributed by atoms with van der Waals surface area (Å²) in [6.45, 7) is -1.02. The average molecular weight is 230 g/mol. The molecular weight excluding hydrogens is 216 g/mol. The fourth-order valence-electron chi connectivity index (χ4n) is 0.755. The van der Waals surface area contributed by atoms with Gasteiger partial charge in [0.25, 0.3) is 5.79 Å². The molecule has 3 atom stereocenters. The Bertz CT molecular complexity index is 197. The summed E-state index contributed by atoms with van der Waals surface area (Å²) < 4.78 is 0. The molecule has 0 radical (unpaired) electrons. The van der Waals surface area contributed by atoms with Crippen molar-refractivity contribution in [3.8, 4) is 0 Å². The predicted octanol–water partition coefficient (Wildman–Crippen LogP) is -5.63. The van der Waals surface area contributed by atoms with Gasteiger partial charge in [0.15, 0.2) is 0 Å². The molecule has 0 aliphatic carbocycles. The van der Waals surface area contributed by atoms with E-state index in [9.17, 15) is 0 Å². The van der Waals surface area contributed by atoms with Gasteiger partial charge < -0.3 is 46.0 Å². The monoisotopic (exact) mass is 230 g/mol. The molecule has 0 bridgehead atoms. The van der Waals surface area contributed by atoms with Crippen LogP contribution in [0.3, 0.4) is 0 Å². The Morgan fingerprint density at radius 1 is 0.867 bits per heavy atom. The van der Waals surface area contributed by atoms with Gasteiger partial charge in [-0.3, -0.25) is 0 Å². The SMILES string of the molecule is OCC(O)C(O)C(O)C(O)(O)C(O)(O)O. The molecule has 0 spiro atoms. The highest BCUT2D eigenvalue weighted by Gasteiger charge is 2.55. The van der Waals surface area contributed by atoms with Crippen LogP contribution >= 0.6 is 0 Å². The largest absolute Gasteiger partial charge is 0.394 e. The zero-order valence-electron chi connectivity index (χ0n) is 7.46. The van der Waals surface area contributed by atoms with Crippen molar-refractivity contribution < 1.29 is 46.0 Å². The van der Waals surface area contributed by atoms with E-state index in [2.05, 4.69) is 0 Å². The number of aliphatic hydroxyl groups is 9. The molecule has 92 valence electrons. The molecule has 0 aromatic heterocycles. The molecule has 0 heterocycles. The first kappa shape index (κ1) is 14.6. The Balaban J connectivity index is 4.77. The molecule has 0 aliphatic rings. The van der Waals surface area contributed by atoms with Gasteiger partial charge in [-0.1, -0.05) is 0 Å². The van der Waals surface area contributed by atoms with Crippen LogP contribution in [0.4, 0.5) is 0 Å². The third-order valence-corrected chi connectivity index (χ3v) is 1.81. The van der Waals surface area contributed by atoms with E-state index in [1.165, 1.54) is 0 Å². The second kappa shape index (κ2) is 4.65. The zero-order valence-corrected chi connectivity index (χ0v) is 7.46. The summed E-state index contributed by atoms with van der Waals surface area (Å²) in [5.41, 5.74) is 0. The van der Waals surface area contributed by atoms with Crippen LogP contribution in [0.2, 0.25) is 0 Å². The molecule has 0 fully saturated rings. The summed E-state index contributed by atoms with van der Waals surface area (Å²) in [6, 6.07) is 0. The highest BCUT2D eigenvalue weighted by atomic mass is 16.7. The van der Waals surface area contributed by atoms with Crippen LogP contribution < -0.4 is 0 Å². The van der Waals surface area contributed by atoms with Crippen molar-refractivity contribution in [3.05, 3.63) is 0 Å². The maximum Gasteiger partial charge on any atom is 0.335 e. The molecule has 15 heavy (non-hydrogen) atoms. The molecule has 0 aromatic carbocycles. The van der Waals surface area contributed by atoms with Crippen molar-refractivity contribution in [2.75, 3.05) is 6.61 Å². The molecule has 9 nitrogen and oxygen atoms in total. The van der Waals surface area contributed by atoms with Gasteiger partial charge in [-0.2, -0.15) is 0 Å². The number of hydrogen-bond acceptors (Lipinski definition) is 9. The lowest BCUT2D eigenvalue weighted by Gasteiger charge is -2.36. The number of hydrogen-bond donors (Lipinski definition) is 9. The van der Waals surface area contributed by atoms with E-state index in [1.54, 1.807) is 0 Å². The minimum absolute atomic E-state index is 1.02. The van der Waals surface area contributed by atoms with Crippen LogP contribution in [0.25, 0.3) is 0 Å². The predicted molar refractivity (Wildman–Crippen MR) is 41.7 cm³/mol. The van der Waals surface area contributed by atoms with Crippen molar-refractivity contribution >= 4 is 0 Å². The second-order valence-corrected chi connectivity index (χ2v) is 3.05. The molecule has 0 aliphatic heterocycles. The van der Waals surface area contributed by atoms with Crippen LogP contribution in [-0.4, -0.2) is 82.6 Å². The van der Waals surface area contributed by atoms with Crippen LogP contribution in [0.15, 0.2) is 0 Å². The first-order valence-corrected chi connectivity index (χ1v) is 3.82. The van der Waals surface area contributed by atoms with Gasteiger partial charge in [0, 0.05) is 0 Å². The topological polar surface area (TPSA) is 182 Å². The summed E-state index contributed by atoms with van der Waals surface area (Å²) in [5.74, 6) is -8.01. The van der Waals surface area contributed by atoms with Gasteiger partial charge in [-0.15, -0.1) is 0 Å². The fourth-order valence-corrected chi connectivity index (χ4v) is 0.755. The molecule has 9 N–H and O–H groups in total. The first-order chi connectivity index (χ1) is 6.55. The van der Waals surface area contributed by atoms with E-state index in [1.807, 2.05) is 0 Å². The minimum atomic E-state index is -4.11. The summed E-state index contributed by atoms with van der Waals surface area (Å²) >= 11 is 0. The summed E-state index contributed by atoms with van der Waals surface area (Å²) in [7, 11) is 0. The molecule has 0 saturated carbocycles. The number of rotatable bonds is 5. The minimum Gasteiger partial charge on any atom is -0.394 e. The van der Waals surface area contributed by atoms with E-state index >= 15 is 0 Å². The molecule has 0 saturated heterocycles. The molecule has 9 heteroatoms. The normalized spacial score (nSPS) is 19.8. The quantitative estimate of drug-likeness (QED) is 0.208. The maximum absolute atomic E-state index is 8.98. The summed E-state index contributed by atoms with van der Waals surface area (Å²) in [4.78, 5) is 0. The molecular formula is C6H14O9.